The van der Waals surface area contributed by atoms with Crippen molar-refractivity contribution in [1.82, 2.24) is 15.3 Å². The molecule has 0 aromatic carbocycles. The van der Waals surface area contributed by atoms with Crippen molar-refractivity contribution < 1.29 is 9.21 Å². The fourth-order valence-electron chi connectivity index (χ4n) is 2.16. The minimum atomic E-state index is -0.167. The van der Waals surface area contributed by atoms with Crippen molar-refractivity contribution in [3.05, 3.63) is 47.9 Å². The van der Waals surface area contributed by atoms with Gasteiger partial charge in [0.1, 0.15) is 17.3 Å². The molecular formula is C15H17N3O2. The Bertz CT molecular complexity index is 613. The Balaban J connectivity index is 1.51. The van der Waals surface area contributed by atoms with Gasteiger partial charge in [-0.15, -0.1) is 0 Å². The third kappa shape index (κ3) is 2.99. The predicted octanol–water partition coefficient (Wildman–Crippen LogP) is 2.46. The summed E-state index contributed by atoms with van der Waals surface area (Å²) in [5, 5.41) is 2.74. The summed E-state index contributed by atoms with van der Waals surface area (Å²) in [6.07, 6.45) is 7.73. The lowest BCUT2D eigenvalue weighted by Gasteiger charge is -1.97. The van der Waals surface area contributed by atoms with E-state index in [2.05, 4.69) is 22.2 Å². The highest BCUT2D eigenvalue weighted by atomic mass is 16.3. The molecule has 1 aliphatic rings. The molecule has 3 rings (SSSR count). The van der Waals surface area contributed by atoms with Crippen molar-refractivity contribution in [3.63, 3.8) is 0 Å². The first-order chi connectivity index (χ1) is 9.72. The van der Waals surface area contributed by atoms with Crippen LogP contribution in [0.5, 0.6) is 0 Å². The van der Waals surface area contributed by atoms with Crippen LogP contribution in [0, 0.1) is 5.92 Å². The maximum Gasteiger partial charge on any atom is 0.244 e. The fourth-order valence-corrected chi connectivity index (χ4v) is 2.16. The summed E-state index contributed by atoms with van der Waals surface area (Å²) in [5.74, 6) is 3.58. The zero-order chi connectivity index (χ0) is 13.9. The minimum Gasteiger partial charge on any atom is -0.461 e. The molecule has 2 atom stereocenters. The number of carbonyl (C=O) groups excluding carboxylic acids is 1. The molecule has 2 heterocycles. The number of nitrogens with one attached hydrogen (secondary N) is 2. The van der Waals surface area contributed by atoms with Crippen LogP contribution in [0.4, 0.5) is 0 Å². The van der Waals surface area contributed by atoms with Gasteiger partial charge in [-0.3, -0.25) is 4.79 Å². The summed E-state index contributed by atoms with van der Waals surface area (Å²) in [4.78, 5) is 18.6. The smallest absolute Gasteiger partial charge is 0.244 e. The van der Waals surface area contributed by atoms with Crippen LogP contribution in [0.25, 0.3) is 6.08 Å². The number of rotatable bonds is 5. The van der Waals surface area contributed by atoms with Crippen LogP contribution in [0.15, 0.2) is 35.0 Å². The number of aromatic amines is 1. The number of nitrogens with zero attached hydrogens (tertiary/aromatic N) is 1. The molecule has 2 aromatic rings. The number of furan rings is 1. The summed E-state index contributed by atoms with van der Waals surface area (Å²) >= 11 is 0. The second-order valence-corrected chi connectivity index (χ2v) is 5.15. The molecule has 0 aliphatic heterocycles. The Morgan fingerprint density at radius 1 is 1.60 bits per heavy atom. The zero-order valence-electron chi connectivity index (χ0n) is 11.3. The molecule has 1 amide bonds. The first-order valence-corrected chi connectivity index (χ1v) is 6.76. The second kappa shape index (κ2) is 5.36. The van der Waals surface area contributed by atoms with E-state index >= 15 is 0 Å². The Morgan fingerprint density at radius 2 is 2.45 bits per heavy atom. The van der Waals surface area contributed by atoms with Crippen LogP contribution in [-0.2, 0) is 11.3 Å². The van der Waals surface area contributed by atoms with Gasteiger partial charge < -0.3 is 14.7 Å². The van der Waals surface area contributed by atoms with Crippen LogP contribution in [0.2, 0.25) is 0 Å². The molecule has 1 aliphatic carbocycles. The molecule has 0 saturated heterocycles. The standard InChI is InChI=1S/C15H17N3O2/c1-10-8-12(10)13-4-2-11(20-13)3-5-15(19)18-9-14-16-6-7-17-14/h2-7,10,12H,8-9H2,1H3,(H,16,17)(H,18,19). The van der Waals surface area contributed by atoms with Crippen molar-refractivity contribution in [1.29, 1.82) is 0 Å². The highest BCUT2D eigenvalue weighted by Gasteiger charge is 2.36. The van der Waals surface area contributed by atoms with E-state index in [4.69, 9.17) is 4.42 Å². The van der Waals surface area contributed by atoms with E-state index in [0.717, 1.165) is 17.5 Å². The van der Waals surface area contributed by atoms with E-state index in [-0.39, 0.29) is 5.91 Å². The highest BCUT2D eigenvalue weighted by Crippen LogP contribution is 2.47. The Kier molecular flexibility index (Phi) is 3.41. The molecule has 2 unspecified atom stereocenters. The first-order valence-electron chi connectivity index (χ1n) is 6.76. The van der Waals surface area contributed by atoms with E-state index in [1.807, 2.05) is 12.1 Å². The highest BCUT2D eigenvalue weighted by molar-refractivity contribution is 5.91. The number of amides is 1. The van der Waals surface area contributed by atoms with E-state index in [1.54, 1.807) is 18.5 Å². The van der Waals surface area contributed by atoms with E-state index < -0.39 is 0 Å². The van der Waals surface area contributed by atoms with Gasteiger partial charge in [-0.2, -0.15) is 0 Å². The van der Waals surface area contributed by atoms with E-state index in [1.165, 1.54) is 12.5 Å². The van der Waals surface area contributed by atoms with Gasteiger partial charge in [-0.05, 0) is 30.5 Å². The van der Waals surface area contributed by atoms with Crippen molar-refractivity contribution >= 4 is 12.0 Å². The third-order valence-corrected chi connectivity index (χ3v) is 3.51. The van der Waals surface area contributed by atoms with Gasteiger partial charge in [-0.25, -0.2) is 4.98 Å². The summed E-state index contributed by atoms with van der Waals surface area (Å²) in [7, 11) is 0. The van der Waals surface area contributed by atoms with Crippen LogP contribution in [0.3, 0.4) is 0 Å². The van der Waals surface area contributed by atoms with Crippen molar-refractivity contribution in [2.24, 2.45) is 5.92 Å². The van der Waals surface area contributed by atoms with Crippen LogP contribution in [-0.4, -0.2) is 15.9 Å². The van der Waals surface area contributed by atoms with Crippen LogP contribution in [0.1, 0.15) is 36.6 Å². The average Bonchev–Trinajstić information content (AvgIpc) is 2.92. The lowest BCUT2D eigenvalue weighted by atomic mass is 10.3. The van der Waals surface area contributed by atoms with Crippen molar-refractivity contribution in [3.8, 4) is 0 Å². The van der Waals surface area contributed by atoms with Gasteiger partial charge in [-0.1, -0.05) is 6.92 Å². The summed E-state index contributed by atoms with van der Waals surface area (Å²) in [6, 6.07) is 3.89. The van der Waals surface area contributed by atoms with Crippen molar-refractivity contribution in [2.45, 2.75) is 25.8 Å². The van der Waals surface area contributed by atoms with Gasteiger partial charge in [0.15, 0.2) is 0 Å². The molecule has 1 fully saturated rings. The number of hydrogen-bond donors (Lipinski definition) is 2. The Morgan fingerprint density at radius 3 is 3.15 bits per heavy atom. The third-order valence-electron chi connectivity index (χ3n) is 3.51. The van der Waals surface area contributed by atoms with Crippen LogP contribution < -0.4 is 5.32 Å². The normalized spacial score (nSPS) is 21.2. The topological polar surface area (TPSA) is 70.9 Å². The maximum atomic E-state index is 11.6. The predicted molar refractivity (Wildman–Crippen MR) is 74.7 cm³/mol. The quantitative estimate of drug-likeness (QED) is 0.821. The van der Waals surface area contributed by atoms with Gasteiger partial charge in [0.25, 0.3) is 0 Å². The molecule has 5 heteroatoms. The Hall–Kier alpha value is -2.30. The summed E-state index contributed by atoms with van der Waals surface area (Å²) in [5.41, 5.74) is 0. The van der Waals surface area contributed by atoms with Gasteiger partial charge >= 0.3 is 0 Å². The lowest BCUT2D eigenvalue weighted by molar-refractivity contribution is -0.116. The SMILES string of the molecule is CC1CC1c1ccc(C=CC(=O)NCc2ncc[nH]2)o1. The second-order valence-electron chi connectivity index (χ2n) is 5.15. The average molecular weight is 271 g/mol. The molecule has 5 nitrogen and oxygen atoms in total. The number of hydrogen-bond acceptors (Lipinski definition) is 3. The molecule has 2 N–H and O–H groups in total. The molecule has 1 saturated carbocycles. The van der Waals surface area contributed by atoms with Gasteiger partial charge in [0, 0.05) is 24.4 Å². The van der Waals surface area contributed by atoms with E-state index in [9.17, 15) is 4.79 Å². The minimum absolute atomic E-state index is 0.167. The molecule has 20 heavy (non-hydrogen) atoms. The fraction of sp³-hybridized carbons (Fsp3) is 0.333. The lowest BCUT2D eigenvalue weighted by Crippen LogP contribution is -2.20. The summed E-state index contributed by atoms with van der Waals surface area (Å²) in [6.45, 7) is 2.60. The van der Waals surface area contributed by atoms with Gasteiger partial charge in [0.05, 0.1) is 6.54 Å². The van der Waals surface area contributed by atoms with Gasteiger partial charge in [0.2, 0.25) is 5.91 Å². The molecule has 2 aromatic heterocycles. The molecule has 104 valence electrons. The molecule has 0 bridgehead atoms. The maximum absolute atomic E-state index is 11.6. The molecular weight excluding hydrogens is 254 g/mol. The molecule has 0 spiro atoms. The number of H-pyrrole nitrogens is 1. The van der Waals surface area contributed by atoms with Crippen molar-refractivity contribution in [2.75, 3.05) is 0 Å². The molecule has 0 radical (unpaired) electrons. The summed E-state index contributed by atoms with van der Waals surface area (Å²) < 4.78 is 5.69. The zero-order valence-corrected chi connectivity index (χ0v) is 11.3. The van der Waals surface area contributed by atoms with Crippen LogP contribution >= 0.6 is 0 Å². The number of aromatic nitrogens is 2. The Labute approximate surface area is 117 Å². The largest absolute Gasteiger partial charge is 0.461 e. The number of carbonyl (C=O) groups is 1. The number of imidazole rings is 1. The monoisotopic (exact) mass is 271 g/mol. The first kappa shape index (κ1) is 12.7. The van der Waals surface area contributed by atoms with E-state index in [0.29, 0.717) is 18.2 Å².